The van der Waals surface area contributed by atoms with Gasteiger partial charge in [0.05, 0.1) is 41.5 Å². The molecule has 0 aliphatic carbocycles. The summed E-state index contributed by atoms with van der Waals surface area (Å²) >= 11 is 0. The topological polar surface area (TPSA) is 122 Å². The summed E-state index contributed by atoms with van der Waals surface area (Å²) in [6.45, 7) is 9.03. The fraction of sp³-hybridized carbons (Fsp3) is 0.382. The number of non-ortho nitro benzene ring substituents is 1. The van der Waals surface area contributed by atoms with Crippen LogP contribution in [0.1, 0.15) is 70.4 Å². The number of amides is 1. The van der Waals surface area contributed by atoms with Crippen LogP contribution in [-0.4, -0.2) is 62.8 Å². The molecule has 0 saturated carbocycles. The Labute approximate surface area is 267 Å². The van der Waals surface area contributed by atoms with E-state index in [0.29, 0.717) is 18.5 Å². The molecular formula is C34H40N5O5P. The Bertz CT molecular complexity index is 1540. The second kappa shape index (κ2) is 15.8. The first-order valence-corrected chi connectivity index (χ1v) is 16.1. The van der Waals surface area contributed by atoms with Crippen molar-refractivity contribution in [1.82, 2.24) is 14.6 Å². The van der Waals surface area contributed by atoms with Crippen molar-refractivity contribution in [1.29, 1.82) is 5.26 Å². The smallest absolute Gasteiger partial charge is 0.269 e. The number of nitro benzene ring substituents is 1. The number of hydrogen-bond donors (Lipinski definition) is 0. The third-order valence-corrected chi connectivity index (χ3v) is 9.47. The van der Waals surface area contributed by atoms with Gasteiger partial charge in [0.25, 0.3) is 20.1 Å². The zero-order chi connectivity index (χ0) is 33.2. The molecule has 3 aromatic rings. The molecule has 1 aliphatic heterocycles. The fourth-order valence-electron chi connectivity index (χ4n) is 5.16. The number of nitro groups is 1. The van der Waals surface area contributed by atoms with E-state index in [2.05, 4.69) is 38.4 Å². The van der Waals surface area contributed by atoms with Gasteiger partial charge in [-0.2, -0.15) is 5.26 Å². The van der Waals surface area contributed by atoms with Crippen LogP contribution in [0.4, 0.5) is 5.69 Å². The van der Waals surface area contributed by atoms with Gasteiger partial charge >= 0.3 is 0 Å². The van der Waals surface area contributed by atoms with E-state index in [1.807, 2.05) is 42.5 Å². The molecule has 1 unspecified atom stereocenters. The van der Waals surface area contributed by atoms with Crippen molar-refractivity contribution >= 4 is 32.3 Å². The molecule has 45 heavy (non-hydrogen) atoms. The van der Waals surface area contributed by atoms with E-state index in [1.54, 1.807) is 29.2 Å². The molecule has 1 amide bonds. The van der Waals surface area contributed by atoms with Crippen LogP contribution < -0.4 is 0 Å². The molecule has 2 heterocycles. The zero-order valence-corrected chi connectivity index (χ0v) is 27.0. The Morgan fingerprint density at radius 1 is 1.16 bits per heavy atom. The quantitative estimate of drug-likeness (QED) is 0.0814. The van der Waals surface area contributed by atoms with Crippen molar-refractivity contribution in [2.75, 3.05) is 13.2 Å². The number of likely N-dealkylation sites (tertiary alicyclic amines) is 1. The predicted molar refractivity (Wildman–Crippen MR) is 177 cm³/mol. The molecule has 1 fully saturated rings. The van der Waals surface area contributed by atoms with E-state index in [0.717, 1.165) is 22.5 Å². The van der Waals surface area contributed by atoms with E-state index in [1.165, 1.54) is 12.1 Å². The summed E-state index contributed by atoms with van der Waals surface area (Å²) in [6, 6.07) is 21.4. The molecule has 1 aliphatic rings. The minimum absolute atomic E-state index is 0.0409. The van der Waals surface area contributed by atoms with Gasteiger partial charge in [-0.15, -0.1) is 0 Å². The Morgan fingerprint density at radius 2 is 1.87 bits per heavy atom. The van der Waals surface area contributed by atoms with Gasteiger partial charge in [0, 0.05) is 49.3 Å². The zero-order valence-electron chi connectivity index (χ0n) is 27.1. The molecule has 3 atom stereocenters. The van der Waals surface area contributed by atoms with Gasteiger partial charge in [0.2, 0.25) is 0 Å². The summed E-state index contributed by atoms with van der Waals surface area (Å²) in [4.78, 5) is 30.6. The Kier molecular flexibility index (Phi) is 11.4. The van der Waals surface area contributed by atoms with Crippen molar-refractivity contribution < 1.29 is 20.1 Å². The van der Waals surface area contributed by atoms with E-state index in [9.17, 15) is 14.9 Å². The third kappa shape index (κ3) is 9.03. The molecule has 11 heteroatoms. The predicted octanol–water partition coefficient (Wildman–Crippen LogP) is 7.72. The highest BCUT2D eigenvalue weighted by molar-refractivity contribution is 7.44. The maximum atomic E-state index is 13.6. The first-order chi connectivity index (χ1) is 22.1. The normalized spacial score (nSPS) is 17.6. The molecule has 10 nitrogen and oxygen atoms in total. The number of aromatic nitrogens is 1. The van der Waals surface area contributed by atoms with Gasteiger partial charge in [-0.3, -0.25) is 14.9 Å². The van der Waals surface area contributed by atoms with Crippen LogP contribution in [0.5, 0.6) is 0 Å². The Balaban J connectivity index is 1.44. The summed E-state index contributed by atoms with van der Waals surface area (Å²) in [7, 11) is -1.45. The minimum Gasteiger partial charge on any atom is -0.333 e. The van der Waals surface area contributed by atoms with Crippen molar-refractivity contribution in [2.45, 2.75) is 71.7 Å². The van der Waals surface area contributed by atoms with Crippen LogP contribution in [0, 0.1) is 21.4 Å². The molecule has 1 saturated heterocycles. The summed E-state index contributed by atoms with van der Waals surface area (Å²) in [5.74, 6) is -0.151. The van der Waals surface area contributed by atoms with Crippen LogP contribution in [0.2, 0.25) is 0 Å². The molecule has 2 aromatic carbocycles. The highest BCUT2D eigenvalue weighted by Crippen LogP contribution is 2.48. The van der Waals surface area contributed by atoms with Crippen molar-refractivity contribution in [3.8, 4) is 17.3 Å². The maximum Gasteiger partial charge on any atom is 0.269 e. The van der Waals surface area contributed by atoms with Crippen LogP contribution in [0.3, 0.4) is 0 Å². The lowest BCUT2D eigenvalue weighted by atomic mass is 10.1. The number of pyridine rings is 1. The molecular weight excluding hydrogens is 589 g/mol. The number of hydrogen-bond acceptors (Lipinski definition) is 8. The molecule has 0 spiro atoms. The van der Waals surface area contributed by atoms with E-state index < -0.39 is 13.4 Å². The van der Waals surface area contributed by atoms with Gasteiger partial charge in [-0.25, -0.2) is 9.65 Å². The lowest BCUT2D eigenvalue weighted by Crippen LogP contribution is -2.36. The van der Waals surface area contributed by atoms with E-state index in [-0.39, 0.29) is 55.8 Å². The number of carbonyl (C=O) groups is 1. The first-order valence-electron chi connectivity index (χ1n) is 15.7. The summed E-state index contributed by atoms with van der Waals surface area (Å²) in [6.07, 6.45) is 4.22. The minimum atomic E-state index is -1.45. The Morgan fingerprint density at radius 3 is 2.49 bits per heavy atom. The van der Waals surface area contributed by atoms with Gasteiger partial charge in [-0.1, -0.05) is 24.3 Å². The van der Waals surface area contributed by atoms with Gasteiger partial charge in [0.15, 0.2) is 0 Å². The SMILES string of the molecule is [2H]C[C@@H]1C[C@@H](OP(OCCC#N)N(C(C)C)C(C)C)CN1C(=O)c1ccc(-c2cccc(/C=C/c3ccc([N+](=O)[O-])cc3)n2)cc1. The third-order valence-electron chi connectivity index (χ3n) is 7.29. The van der Waals surface area contributed by atoms with Crippen LogP contribution in [0.15, 0.2) is 66.7 Å². The highest BCUT2D eigenvalue weighted by atomic mass is 31.2. The molecule has 0 radical (unpaired) electrons. The second-order valence-electron chi connectivity index (χ2n) is 11.3. The highest BCUT2D eigenvalue weighted by Gasteiger charge is 2.37. The summed E-state index contributed by atoms with van der Waals surface area (Å²) in [5, 5.41) is 19.9. The van der Waals surface area contributed by atoms with Crippen molar-refractivity contribution in [2.24, 2.45) is 0 Å². The number of benzene rings is 2. The van der Waals surface area contributed by atoms with Crippen LogP contribution >= 0.6 is 8.53 Å². The molecule has 0 bridgehead atoms. The number of rotatable bonds is 13. The Hall–Kier alpha value is -4.00. The summed E-state index contributed by atoms with van der Waals surface area (Å²) < 4.78 is 22.8. The van der Waals surface area contributed by atoms with Crippen molar-refractivity contribution in [3.05, 3.63) is 93.7 Å². The van der Waals surface area contributed by atoms with Gasteiger partial charge in [0.1, 0.15) is 0 Å². The summed E-state index contributed by atoms with van der Waals surface area (Å²) in [5.41, 5.74) is 3.70. The van der Waals surface area contributed by atoms with E-state index in [4.69, 9.17) is 20.7 Å². The lowest BCUT2D eigenvalue weighted by Gasteiger charge is -2.36. The number of nitrogens with zero attached hydrogens (tertiary/aromatic N) is 5. The molecule has 236 valence electrons. The standard InChI is InChI=1S/C34H40N5O5P/c1-24(2)38(25(3)4)45(43-21-7-20-35)44-32-22-26(5)37(23-32)34(40)29-15-13-28(14-16-29)33-9-6-8-30(36-33)17-10-27-11-18-31(19-12-27)39(41)42/h6,8-19,24-26,32H,7,21-23H2,1-5H3/b17-10+/t26-,32-,45?/m1/s1/i5D. The average Bonchev–Trinajstić information content (AvgIpc) is 3.46. The number of nitriles is 1. The van der Waals surface area contributed by atoms with Gasteiger partial charge in [-0.05, 0) is 89.1 Å². The average molecular weight is 631 g/mol. The largest absolute Gasteiger partial charge is 0.333 e. The molecule has 0 N–H and O–H groups in total. The maximum absolute atomic E-state index is 13.6. The second-order valence-corrected chi connectivity index (χ2v) is 12.7. The fourth-order valence-corrected chi connectivity index (χ4v) is 6.88. The number of carbonyl (C=O) groups excluding carboxylic acids is 1. The van der Waals surface area contributed by atoms with Gasteiger partial charge < -0.3 is 13.9 Å². The molecule has 1 aromatic heterocycles. The van der Waals surface area contributed by atoms with E-state index >= 15 is 0 Å². The van der Waals surface area contributed by atoms with Crippen LogP contribution in [0.25, 0.3) is 23.4 Å². The first kappa shape index (κ1) is 32.4. The monoisotopic (exact) mass is 630 g/mol. The lowest BCUT2D eigenvalue weighted by molar-refractivity contribution is -0.384. The van der Waals surface area contributed by atoms with Crippen LogP contribution in [-0.2, 0) is 9.05 Å². The molecule has 4 rings (SSSR count). The van der Waals surface area contributed by atoms with Crippen molar-refractivity contribution in [3.63, 3.8) is 0 Å².